The van der Waals surface area contributed by atoms with Crippen LogP contribution in [0, 0.1) is 0 Å². The molecule has 0 aliphatic carbocycles. The lowest BCUT2D eigenvalue weighted by atomic mass is 10.2. The minimum atomic E-state index is -0.155. The van der Waals surface area contributed by atoms with Crippen molar-refractivity contribution in [1.29, 1.82) is 0 Å². The molecule has 2 amide bonds. The summed E-state index contributed by atoms with van der Waals surface area (Å²) in [5.74, 6) is -0.141. The van der Waals surface area contributed by atoms with Gasteiger partial charge in [0.2, 0.25) is 5.91 Å². The van der Waals surface area contributed by atoms with Crippen LogP contribution < -0.4 is 10.6 Å². The summed E-state index contributed by atoms with van der Waals surface area (Å²) in [4.78, 5) is 26.1. The smallest absolute Gasteiger partial charge is 0.251 e. The Bertz CT molecular complexity index is 584. The summed E-state index contributed by atoms with van der Waals surface area (Å²) in [6.07, 6.45) is 1.48. The monoisotopic (exact) mass is 381 g/mol. The summed E-state index contributed by atoms with van der Waals surface area (Å²) < 4.78 is 5.70. The molecular weight excluding hydrogens is 354 g/mol. The van der Waals surface area contributed by atoms with Gasteiger partial charge in [0.05, 0.1) is 12.2 Å². The van der Waals surface area contributed by atoms with Crippen molar-refractivity contribution in [3.63, 3.8) is 0 Å². The maximum atomic E-state index is 11.9. The predicted octanol–water partition coefficient (Wildman–Crippen LogP) is 2.08. The zero-order valence-corrected chi connectivity index (χ0v) is 16.2. The average molecular weight is 382 g/mol. The summed E-state index contributed by atoms with van der Waals surface area (Å²) in [5.41, 5.74) is 0.563. The van der Waals surface area contributed by atoms with Crippen LogP contribution in [0.5, 0.6) is 0 Å². The number of nitrogens with zero attached hydrogens (tertiary/aromatic N) is 1. The van der Waals surface area contributed by atoms with Crippen LogP contribution in [0.2, 0.25) is 5.02 Å². The molecule has 7 heteroatoms. The van der Waals surface area contributed by atoms with Crippen LogP contribution in [0.4, 0.5) is 0 Å². The van der Waals surface area contributed by atoms with Crippen LogP contribution in [0.3, 0.4) is 0 Å². The third-order valence-electron chi connectivity index (χ3n) is 4.22. The van der Waals surface area contributed by atoms with E-state index in [9.17, 15) is 9.59 Å². The first-order valence-electron chi connectivity index (χ1n) is 9.12. The zero-order valence-electron chi connectivity index (χ0n) is 15.5. The molecule has 1 heterocycles. The highest BCUT2D eigenvalue weighted by Gasteiger charge is 2.21. The Morgan fingerprint density at radius 1 is 1.12 bits per heavy atom. The maximum Gasteiger partial charge on any atom is 0.251 e. The molecule has 1 aromatic carbocycles. The highest BCUT2D eigenvalue weighted by molar-refractivity contribution is 6.30. The van der Waals surface area contributed by atoms with Gasteiger partial charge in [-0.1, -0.05) is 11.6 Å². The number of morpholine rings is 1. The van der Waals surface area contributed by atoms with Crippen molar-refractivity contribution in [3.05, 3.63) is 34.9 Å². The number of hydrogen-bond donors (Lipinski definition) is 2. The number of nitrogens with one attached hydrogen (secondary N) is 2. The van der Waals surface area contributed by atoms with Gasteiger partial charge in [0.15, 0.2) is 0 Å². The van der Waals surface area contributed by atoms with E-state index in [1.165, 1.54) is 0 Å². The molecule has 0 saturated carbocycles. The molecule has 0 radical (unpaired) electrons. The van der Waals surface area contributed by atoms with Gasteiger partial charge in [0.1, 0.15) is 0 Å². The van der Waals surface area contributed by atoms with Crippen LogP contribution in [-0.4, -0.2) is 61.6 Å². The lowest BCUT2D eigenvalue weighted by Crippen LogP contribution is -2.47. The van der Waals surface area contributed by atoms with E-state index in [-0.39, 0.29) is 24.0 Å². The van der Waals surface area contributed by atoms with Gasteiger partial charge in [-0.15, -0.1) is 0 Å². The van der Waals surface area contributed by atoms with Crippen LogP contribution in [0.1, 0.15) is 37.0 Å². The number of benzene rings is 1. The first-order valence-corrected chi connectivity index (χ1v) is 9.50. The van der Waals surface area contributed by atoms with E-state index < -0.39 is 0 Å². The van der Waals surface area contributed by atoms with Gasteiger partial charge in [-0.05, 0) is 44.5 Å². The van der Waals surface area contributed by atoms with E-state index in [0.29, 0.717) is 36.5 Å². The fourth-order valence-corrected chi connectivity index (χ4v) is 3.19. The zero-order chi connectivity index (χ0) is 18.9. The van der Waals surface area contributed by atoms with Gasteiger partial charge in [-0.2, -0.15) is 0 Å². The van der Waals surface area contributed by atoms with Crippen LogP contribution in [0.25, 0.3) is 0 Å². The van der Waals surface area contributed by atoms with Gasteiger partial charge in [0.25, 0.3) is 5.91 Å². The van der Waals surface area contributed by atoms with Crippen molar-refractivity contribution >= 4 is 23.4 Å². The van der Waals surface area contributed by atoms with Crippen molar-refractivity contribution in [2.75, 3.05) is 32.7 Å². The number of carbonyl (C=O) groups excluding carboxylic acids is 2. The van der Waals surface area contributed by atoms with Gasteiger partial charge >= 0.3 is 0 Å². The summed E-state index contributed by atoms with van der Waals surface area (Å²) in [7, 11) is 0. The topological polar surface area (TPSA) is 70.7 Å². The van der Waals surface area contributed by atoms with Crippen LogP contribution in [0.15, 0.2) is 24.3 Å². The first kappa shape index (κ1) is 20.7. The molecular formula is C19H28ClN3O3. The van der Waals surface area contributed by atoms with Crippen molar-refractivity contribution in [1.82, 2.24) is 15.5 Å². The van der Waals surface area contributed by atoms with E-state index >= 15 is 0 Å². The molecule has 1 aliphatic rings. The second-order valence-corrected chi connectivity index (χ2v) is 7.17. The molecule has 2 rings (SSSR count). The molecule has 0 bridgehead atoms. The number of hydrogen-bond acceptors (Lipinski definition) is 4. The van der Waals surface area contributed by atoms with E-state index in [1.807, 2.05) is 0 Å². The van der Waals surface area contributed by atoms with E-state index in [1.54, 1.807) is 24.3 Å². The Labute approximate surface area is 160 Å². The standard InChI is InChI=1S/C19H28ClN3O3/c1-14-12-23(13-15(2)26-14)11-10-21-18(24)4-3-9-22-19(25)16-5-7-17(20)8-6-16/h5-8,14-15H,3-4,9-13H2,1-2H3,(H,21,24)(H,22,25)/t14-,15-/m1/s1. The van der Waals surface area contributed by atoms with Crippen molar-refractivity contribution < 1.29 is 14.3 Å². The van der Waals surface area contributed by atoms with Gasteiger partial charge in [-0.25, -0.2) is 0 Å². The molecule has 0 spiro atoms. The minimum Gasteiger partial charge on any atom is -0.373 e. The fraction of sp³-hybridized carbons (Fsp3) is 0.579. The molecule has 26 heavy (non-hydrogen) atoms. The van der Waals surface area contributed by atoms with E-state index in [0.717, 1.165) is 19.6 Å². The molecule has 1 aliphatic heterocycles. The number of carbonyl (C=O) groups is 2. The molecule has 1 saturated heterocycles. The van der Waals surface area contributed by atoms with Crippen molar-refractivity contribution in [2.24, 2.45) is 0 Å². The summed E-state index contributed by atoms with van der Waals surface area (Å²) in [6.45, 7) is 7.87. The summed E-state index contributed by atoms with van der Waals surface area (Å²) in [5, 5.41) is 6.34. The quantitative estimate of drug-likeness (QED) is 0.676. The van der Waals surface area contributed by atoms with Gasteiger partial charge in [0, 0.05) is 49.7 Å². The minimum absolute atomic E-state index is 0.0140. The number of ether oxygens (including phenoxy) is 1. The largest absolute Gasteiger partial charge is 0.373 e. The SMILES string of the molecule is C[C@@H]1CN(CCNC(=O)CCCNC(=O)c2ccc(Cl)cc2)C[C@@H](C)O1. The first-order chi connectivity index (χ1) is 12.4. The normalized spacial score (nSPS) is 20.6. The molecule has 1 aromatic rings. The Hall–Kier alpha value is -1.63. The molecule has 6 nitrogen and oxygen atoms in total. The van der Waals surface area contributed by atoms with Gasteiger partial charge < -0.3 is 15.4 Å². The number of halogens is 1. The highest BCUT2D eigenvalue weighted by atomic mass is 35.5. The summed E-state index contributed by atoms with van der Waals surface area (Å²) in [6, 6.07) is 6.72. The second kappa shape index (κ2) is 10.5. The molecule has 2 atom stereocenters. The lowest BCUT2D eigenvalue weighted by molar-refractivity contribution is -0.121. The third-order valence-corrected chi connectivity index (χ3v) is 4.47. The maximum absolute atomic E-state index is 11.9. The average Bonchev–Trinajstić information content (AvgIpc) is 2.58. The van der Waals surface area contributed by atoms with Crippen molar-refractivity contribution in [3.8, 4) is 0 Å². The Morgan fingerprint density at radius 3 is 2.42 bits per heavy atom. The van der Waals surface area contributed by atoms with E-state index in [2.05, 4.69) is 29.4 Å². The lowest BCUT2D eigenvalue weighted by Gasteiger charge is -2.35. The van der Waals surface area contributed by atoms with Gasteiger partial charge in [-0.3, -0.25) is 14.5 Å². The number of amides is 2. The highest BCUT2D eigenvalue weighted by Crippen LogP contribution is 2.10. The van der Waals surface area contributed by atoms with Crippen LogP contribution >= 0.6 is 11.6 Å². The Balaban J connectivity index is 1.55. The number of rotatable bonds is 8. The Kier molecular flexibility index (Phi) is 8.35. The Morgan fingerprint density at radius 2 is 1.77 bits per heavy atom. The molecule has 144 valence electrons. The third kappa shape index (κ3) is 7.32. The van der Waals surface area contributed by atoms with E-state index in [4.69, 9.17) is 16.3 Å². The molecule has 1 fully saturated rings. The molecule has 2 N–H and O–H groups in total. The second-order valence-electron chi connectivity index (χ2n) is 6.73. The van der Waals surface area contributed by atoms with Crippen molar-refractivity contribution in [2.45, 2.75) is 38.9 Å². The predicted molar refractivity (Wildman–Crippen MR) is 102 cm³/mol. The van der Waals surface area contributed by atoms with Crippen LogP contribution in [-0.2, 0) is 9.53 Å². The fourth-order valence-electron chi connectivity index (χ4n) is 3.06. The summed E-state index contributed by atoms with van der Waals surface area (Å²) >= 11 is 5.80. The molecule has 0 unspecified atom stereocenters. The molecule has 0 aromatic heterocycles.